The zero-order chi connectivity index (χ0) is 8.53. The average Bonchev–Trinajstić information content (AvgIpc) is 2.04. The largest absolute Gasteiger partial charge is 0.303 e. The molecule has 0 N–H and O–H groups in total. The predicted molar refractivity (Wildman–Crippen MR) is 48.6 cm³/mol. The fourth-order valence-electron chi connectivity index (χ4n) is 1.10. The van der Waals surface area contributed by atoms with Crippen LogP contribution in [0.1, 0.15) is 52.4 Å². The van der Waals surface area contributed by atoms with Crippen LogP contribution in [0.2, 0.25) is 0 Å². The van der Waals surface area contributed by atoms with E-state index in [1.54, 1.807) is 0 Å². The third-order valence-electron chi connectivity index (χ3n) is 2.22. The number of aldehydes is 1. The number of carbonyl (C=O) groups is 1. The molecule has 0 aliphatic carbocycles. The summed E-state index contributed by atoms with van der Waals surface area (Å²) in [6, 6.07) is 0. The van der Waals surface area contributed by atoms with Crippen molar-refractivity contribution in [2.75, 3.05) is 0 Å². The fourth-order valence-corrected chi connectivity index (χ4v) is 1.10. The lowest BCUT2D eigenvalue weighted by Crippen LogP contribution is -1.91. The van der Waals surface area contributed by atoms with Crippen molar-refractivity contribution < 1.29 is 4.79 Å². The molecule has 0 rings (SSSR count). The van der Waals surface area contributed by atoms with Gasteiger partial charge in [0.05, 0.1) is 0 Å². The standard InChI is InChI=1S/C10H20O/c1-3-10(2)8-6-4-5-7-9-11/h9-10H,3-8H2,1-2H3. The zero-order valence-corrected chi connectivity index (χ0v) is 7.81. The Hall–Kier alpha value is -0.330. The first-order valence-electron chi connectivity index (χ1n) is 4.74. The summed E-state index contributed by atoms with van der Waals surface area (Å²) < 4.78 is 0. The van der Waals surface area contributed by atoms with Gasteiger partial charge in [-0.1, -0.05) is 39.5 Å². The van der Waals surface area contributed by atoms with Crippen molar-refractivity contribution in [3.63, 3.8) is 0 Å². The SMILES string of the molecule is CCC(C)CCCCCC=O. The minimum atomic E-state index is 0.751. The highest BCUT2D eigenvalue weighted by molar-refractivity contribution is 5.48. The van der Waals surface area contributed by atoms with Crippen LogP contribution in [0, 0.1) is 5.92 Å². The zero-order valence-electron chi connectivity index (χ0n) is 7.81. The van der Waals surface area contributed by atoms with Crippen LogP contribution in [0.3, 0.4) is 0 Å². The minimum absolute atomic E-state index is 0.751. The lowest BCUT2D eigenvalue weighted by molar-refractivity contribution is -0.107. The Bertz CT molecular complexity index is 88.9. The van der Waals surface area contributed by atoms with Crippen molar-refractivity contribution in [1.29, 1.82) is 0 Å². The van der Waals surface area contributed by atoms with E-state index in [0.29, 0.717) is 0 Å². The Morgan fingerprint density at radius 1 is 1.27 bits per heavy atom. The molecule has 1 heteroatoms. The molecule has 0 fully saturated rings. The van der Waals surface area contributed by atoms with Crippen molar-refractivity contribution in [3.8, 4) is 0 Å². The molecule has 0 saturated heterocycles. The summed E-state index contributed by atoms with van der Waals surface area (Å²) >= 11 is 0. The molecule has 66 valence electrons. The van der Waals surface area contributed by atoms with Gasteiger partial charge >= 0.3 is 0 Å². The highest BCUT2D eigenvalue weighted by atomic mass is 16.1. The second kappa shape index (κ2) is 7.77. The Balaban J connectivity index is 2.95. The summed E-state index contributed by atoms with van der Waals surface area (Å²) in [4.78, 5) is 9.96. The molecule has 0 aromatic carbocycles. The van der Waals surface area contributed by atoms with Gasteiger partial charge in [0.1, 0.15) is 6.29 Å². The molecule has 1 atom stereocenters. The summed E-state index contributed by atoms with van der Waals surface area (Å²) in [5, 5.41) is 0. The highest BCUT2D eigenvalue weighted by Crippen LogP contribution is 2.12. The van der Waals surface area contributed by atoms with E-state index in [-0.39, 0.29) is 0 Å². The van der Waals surface area contributed by atoms with Crippen molar-refractivity contribution in [2.24, 2.45) is 5.92 Å². The number of rotatable bonds is 7. The van der Waals surface area contributed by atoms with Gasteiger partial charge < -0.3 is 4.79 Å². The van der Waals surface area contributed by atoms with Gasteiger partial charge in [0.2, 0.25) is 0 Å². The molecule has 1 nitrogen and oxygen atoms in total. The van der Waals surface area contributed by atoms with Gasteiger partial charge in [0.25, 0.3) is 0 Å². The first-order valence-corrected chi connectivity index (χ1v) is 4.74. The maximum atomic E-state index is 9.96. The van der Waals surface area contributed by atoms with Crippen molar-refractivity contribution in [1.82, 2.24) is 0 Å². The average molecular weight is 156 g/mol. The maximum absolute atomic E-state index is 9.96. The summed E-state index contributed by atoms with van der Waals surface area (Å²) in [6.07, 6.45) is 7.98. The smallest absolute Gasteiger partial charge is 0.119 e. The van der Waals surface area contributed by atoms with E-state index in [1.807, 2.05) is 0 Å². The quantitative estimate of drug-likeness (QED) is 0.408. The normalized spacial score (nSPS) is 12.9. The van der Waals surface area contributed by atoms with Crippen LogP contribution in [-0.4, -0.2) is 6.29 Å². The van der Waals surface area contributed by atoms with Crippen LogP contribution in [0.15, 0.2) is 0 Å². The van der Waals surface area contributed by atoms with Gasteiger partial charge in [-0.2, -0.15) is 0 Å². The molecule has 1 unspecified atom stereocenters. The number of hydrogen-bond donors (Lipinski definition) is 0. The molecule has 0 aliphatic heterocycles. The van der Waals surface area contributed by atoms with Crippen LogP contribution in [0.25, 0.3) is 0 Å². The number of hydrogen-bond acceptors (Lipinski definition) is 1. The molecule has 0 spiro atoms. The van der Waals surface area contributed by atoms with E-state index in [0.717, 1.165) is 25.0 Å². The van der Waals surface area contributed by atoms with E-state index in [4.69, 9.17) is 0 Å². The minimum Gasteiger partial charge on any atom is -0.303 e. The predicted octanol–water partition coefficient (Wildman–Crippen LogP) is 3.18. The van der Waals surface area contributed by atoms with Gasteiger partial charge in [-0.25, -0.2) is 0 Å². The molecule has 0 radical (unpaired) electrons. The van der Waals surface area contributed by atoms with Gasteiger partial charge in [0, 0.05) is 6.42 Å². The van der Waals surface area contributed by atoms with E-state index < -0.39 is 0 Å². The number of unbranched alkanes of at least 4 members (excludes halogenated alkanes) is 3. The third-order valence-corrected chi connectivity index (χ3v) is 2.22. The van der Waals surface area contributed by atoms with E-state index >= 15 is 0 Å². The Kier molecular flexibility index (Phi) is 7.54. The highest BCUT2D eigenvalue weighted by Gasteiger charge is 1.97. The molecule has 0 heterocycles. The Morgan fingerprint density at radius 3 is 2.55 bits per heavy atom. The monoisotopic (exact) mass is 156 g/mol. The van der Waals surface area contributed by atoms with Crippen molar-refractivity contribution >= 4 is 6.29 Å². The first-order chi connectivity index (χ1) is 5.31. The lowest BCUT2D eigenvalue weighted by Gasteiger charge is -2.06. The van der Waals surface area contributed by atoms with E-state index in [1.165, 1.54) is 25.7 Å². The molecule has 0 amide bonds. The summed E-state index contributed by atoms with van der Waals surface area (Å²) in [6.45, 7) is 4.52. The van der Waals surface area contributed by atoms with Gasteiger partial charge in [-0.15, -0.1) is 0 Å². The van der Waals surface area contributed by atoms with Gasteiger partial charge in [-0.05, 0) is 12.3 Å². The van der Waals surface area contributed by atoms with E-state index in [9.17, 15) is 4.79 Å². The fraction of sp³-hybridized carbons (Fsp3) is 0.900. The summed E-state index contributed by atoms with van der Waals surface area (Å²) in [5.41, 5.74) is 0. The number of carbonyl (C=O) groups excluding carboxylic acids is 1. The third kappa shape index (κ3) is 7.57. The van der Waals surface area contributed by atoms with E-state index in [2.05, 4.69) is 13.8 Å². The summed E-state index contributed by atoms with van der Waals surface area (Å²) in [5.74, 6) is 0.867. The molecule has 0 aliphatic rings. The topological polar surface area (TPSA) is 17.1 Å². The van der Waals surface area contributed by atoms with Crippen molar-refractivity contribution in [2.45, 2.75) is 52.4 Å². The van der Waals surface area contributed by atoms with Crippen LogP contribution in [0.5, 0.6) is 0 Å². The van der Waals surface area contributed by atoms with Crippen LogP contribution in [-0.2, 0) is 4.79 Å². The van der Waals surface area contributed by atoms with Crippen LogP contribution in [0.4, 0.5) is 0 Å². The van der Waals surface area contributed by atoms with Crippen LogP contribution < -0.4 is 0 Å². The molecular weight excluding hydrogens is 136 g/mol. The molecule has 11 heavy (non-hydrogen) atoms. The van der Waals surface area contributed by atoms with Gasteiger partial charge in [-0.3, -0.25) is 0 Å². The Morgan fingerprint density at radius 2 is 2.00 bits per heavy atom. The maximum Gasteiger partial charge on any atom is 0.119 e. The molecule has 0 saturated carbocycles. The lowest BCUT2D eigenvalue weighted by atomic mass is 10.0. The molecular formula is C10H20O. The molecule has 0 aromatic heterocycles. The molecule has 0 bridgehead atoms. The second-order valence-electron chi connectivity index (χ2n) is 3.32. The summed E-state index contributed by atoms with van der Waals surface area (Å²) in [7, 11) is 0. The van der Waals surface area contributed by atoms with Gasteiger partial charge in [0.15, 0.2) is 0 Å². The van der Waals surface area contributed by atoms with Crippen molar-refractivity contribution in [3.05, 3.63) is 0 Å². The van der Waals surface area contributed by atoms with Crippen LogP contribution >= 0.6 is 0 Å². The second-order valence-corrected chi connectivity index (χ2v) is 3.32. The Labute approximate surface area is 70.2 Å². The first kappa shape index (κ1) is 10.7. The molecule has 0 aromatic rings.